The lowest BCUT2D eigenvalue weighted by Gasteiger charge is -2.34. The van der Waals surface area contributed by atoms with Crippen LogP contribution in [0, 0.1) is 12.8 Å². The van der Waals surface area contributed by atoms with E-state index < -0.39 is 24.1 Å². The summed E-state index contributed by atoms with van der Waals surface area (Å²) in [4.78, 5) is 52.9. The molecule has 3 rings (SSSR count). The number of rotatable bonds is 6. The van der Waals surface area contributed by atoms with E-state index in [1.807, 2.05) is 13.0 Å². The average molecular weight is 430 g/mol. The Morgan fingerprint density at radius 3 is 2.39 bits per heavy atom. The minimum atomic E-state index is -1.08. The predicted octanol–water partition coefficient (Wildman–Crippen LogP) is 2.17. The van der Waals surface area contributed by atoms with Gasteiger partial charge in [0.15, 0.2) is 6.17 Å². The molecule has 2 unspecified atom stereocenters. The number of aliphatic carboxylic acids is 1. The van der Waals surface area contributed by atoms with E-state index in [2.05, 4.69) is 5.32 Å². The third-order valence-electron chi connectivity index (χ3n) is 6.28. The number of amides is 3. The maximum Gasteiger partial charge on any atom is 0.305 e. The Labute approximate surface area is 182 Å². The minimum absolute atomic E-state index is 0.0851. The monoisotopic (exact) mass is 429 g/mol. The maximum atomic E-state index is 13.3. The van der Waals surface area contributed by atoms with Gasteiger partial charge in [0, 0.05) is 31.6 Å². The molecule has 1 aliphatic carbocycles. The van der Waals surface area contributed by atoms with Crippen molar-refractivity contribution < 1.29 is 24.3 Å². The number of carboxylic acids is 1. The lowest BCUT2D eigenvalue weighted by atomic mass is 9.82. The molecule has 2 atom stereocenters. The van der Waals surface area contributed by atoms with Gasteiger partial charge >= 0.3 is 5.97 Å². The van der Waals surface area contributed by atoms with Crippen molar-refractivity contribution >= 4 is 23.7 Å². The molecule has 0 spiro atoms. The van der Waals surface area contributed by atoms with E-state index >= 15 is 0 Å². The van der Waals surface area contributed by atoms with Crippen molar-refractivity contribution in [1.29, 1.82) is 0 Å². The third kappa shape index (κ3) is 5.42. The van der Waals surface area contributed by atoms with E-state index in [0.717, 1.165) is 37.7 Å². The number of carbonyl (C=O) groups excluding carboxylic acids is 3. The van der Waals surface area contributed by atoms with Gasteiger partial charge in [0.2, 0.25) is 5.91 Å². The normalized spacial score (nSPS) is 20.4. The second-order valence-corrected chi connectivity index (χ2v) is 8.57. The van der Waals surface area contributed by atoms with Crippen LogP contribution in [0.15, 0.2) is 24.3 Å². The highest BCUT2D eigenvalue weighted by Crippen LogP contribution is 2.28. The van der Waals surface area contributed by atoms with E-state index in [-0.39, 0.29) is 37.2 Å². The summed E-state index contributed by atoms with van der Waals surface area (Å²) >= 11 is 0. The molecule has 8 heteroatoms. The van der Waals surface area contributed by atoms with Gasteiger partial charge in [-0.3, -0.25) is 19.2 Å². The molecule has 3 amide bonds. The van der Waals surface area contributed by atoms with Gasteiger partial charge in [-0.25, -0.2) is 0 Å². The Morgan fingerprint density at radius 2 is 1.77 bits per heavy atom. The maximum absolute atomic E-state index is 13.3. The van der Waals surface area contributed by atoms with Crippen molar-refractivity contribution in [2.24, 2.45) is 5.92 Å². The van der Waals surface area contributed by atoms with Crippen molar-refractivity contribution in [3.63, 3.8) is 0 Å². The summed E-state index contributed by atoms with van der Waals surface area (Å²) in [6, 6.07) is 6.59. The molecule has 2 aliphatic rings. The van der Waals surface area contributed by atoms with Crippen LogP contribution in [0.3, 0.4) is 0 Å². The molecule has 0 radical (unpaired) electrons. The number of carboxylic acid groups (broad SMARTS) is 1. The Bertz CT molecular complexity index is 849. The first kappa shape index (κ1) is 22.8. The van der Waals surface area contributed by atoms with Crippen molar-refractivity contribution in [1.82, 2.24) is 15.1 Å². The molecule has 1 heterocycles. The summed E-state index contributed by atoms with van der Waals surface area (Å²) in [5.74, 6) is -2.00. The fraction of sp³-hybridized carbons (Fsp3) is 0.565. The summed E-state index contributed by atoms with van der Waals surface area (Å²) in [5, 5.41) is 12.3. The molecular weight excluding hydrogens is 398 g/mol. The van der Waals surface area contributed by atoms with Crippen LogP contribution < -0.4 is 5.32 Å². The van der Waals surface area contributed by atoms with E-state index in [4.69, 9.17) is 0 Å². The average Bonchev–Trinajstić information content (AvgIpc) is 3.18. The number of hydrogen-bond donors (Lipinski definition) is 2. The second kappa shape index (κ2) is 9.94. The molecular formula is C23H31N3O5. The lowest BCUT2D eigenvalue weighted by Crippen LogP contribution is -2.56. The summed E-state index contributed by atoms with van der Waals surface area (Å²) in [7, 11) is 0. The standard InChI is InChI=1S/C23H31N3O5/c1-15-7-6-10-18(13-15)23(31)26-12-11-25(16(2)27)22(26)21(30)24-19(14-20(28)29)17-8-4-3-5-9-17/h6-7,10,13,17,19,22H,3-5,8-9,11-12,14H2,1-2H3,(H,24,30)(H,28,29). The van der Waals surface area contributed by atoms with Crippen molar-refractivity contribution in [3.8, 4) is 0 Å². The smallest absolute Gasteiger partial charge is 0.305 e. The van der Waals surface area contributed by atoms with Crippen molar-refractivity contribution in [2.45, 2.75) is 64.6 Å². The number of aryl methyl sites for hydroxylation is 1. The molecule has 1 saturated heterocycles. The lowest BCUT2D eigenvalue weighted by molar-refractivity contribution is -0.142. The number of hydrogen-bond acceptors (Lipinski definition) is 4. The first-order valence-electron chi connectivity index (χ1n) is 10.9. The highest BCUT2D eigenvalue weighted by Gasteiger charge is 2.43. The number of carbonyl (C=O) groups is 4. The highest BCUT2D eigenvalue weighted by molar-refractivity contribution is 5.99. The Balaban J connectivity index is 1.83. The minimum Gasteiger partial charge on any atom is -0.481 e. The molecule has 1 aliphatic heterocycles. The zero-order valence-corrected chi connectivity index (χ0v) is 18.2. The van der Waals surface area contributed by atoms with Crippen LogP contribution in [0.5, 0.6) is 0 Å². The summed E-state index contributed by atoms with van der Waals surface area (Å²) in [5.41, 5.74) is 1.38. The molecule has 2 N–H and O–H groups in total. The van der Waals surface area contributed by atoms with E-state index in [9.17, 15) is 24.3 Å². The number of nitrogens with one attached hydrogen (secondary N) is 1. The zero-order valence-electron chi connectivity index (χ0n) is 18.2. The predicted molar refractivity (Wildman–Crippen MR) is 114 cm³/mol. The third-order valence-corrected chi connectivity index (χ3v) is 6.28. The quantitative estimate of drug-likeness (QED) is 0.721. The zero-order chi connectivity index (χ0) is 22.5. The van der Waals surface area contributed by atoms with Gasteiger partial charge in [-0.1, -0.05) is 37.0 Å². The van der Waals surface area contributed by atoms with E-state index in [1.54, 1.807) is 18.2 Å². The van der Waals surface area contributed by atoms with Crippen LogP contribution in [0.1, 0.15) is 61.4 Å². The summed E-state index contributed by atoms with van der Waals surface area (Å²) < 4.78 is 0. The second-order valence-electron chi connectivity index (χ2n) is 8.57. The molecule has 168 valence electrons. The summed E-state index contributed by atoms with van der Waals surface area (Å²) in [6.45, 7) is 3.76. The Hall–Kier alpha value is -2.90. The fourth-order valence-electron chi connectivity index (χ4n) is 4.72. The Morgan fingerprint density at radius 1 is 1.10 bits per heavy atom. The van der Waals surface area contributed by atoms with Crippen LogP contribution in [0.25, 0.3) is 0 Å². The van der Waals surface area contributed by atoms with Crippen LogP contribution in [-0.4, -0.2) is 63.9 Å². The highest BCUT2D eigenvalue weighted by atomic mass is 16.4. The van der Waals surface area contributed by atoms with Gasteiger partial charge < -0.3 is 20.2 Å². The van der Waals surface area contributed by atoms with Crippen molar-refractivity contribution in [3.05, 3.63) is 35.4 Å². The van der Waals surface area contributed by atoms with Crippen LogP contribution in [0.2, 0.25) is 0 Å². The van der Waals surface area contributed by atoms with Gasteiger partial charge in [0.25, 0.3) is 11.8 Å². The van der Waals surface area contributed by atoms with Gasteiger partial charge in [-0.2, -0.15) is 0 Å². The molecule has 0 aromatic heterocycles. The van der Waals surface area contributed by atoms with Crippen LogP contribution in [0.4, 0.5) is 0 Å². The molecule has 0 bridgehead atoms. The molecule has 8 nitrogen and oxygen atoms in total. The van der Waals surface area contributed by atoms with Gasteiger partial charge in [-0.05, 0) is 37.8 Å². The molecule has 1 saturated carbocycles. The molecule has 1 aromatic rings. The Kier molecular flexibility index (Phi) is 7.30. The summed E-state index contributed by atoms with van der Waals surface area (Å²) in [6.07, 6.45) is 3.62. The van der Waals surface area contributed by atoms with E-state index in [0.29, 0.717) is 5.56 Å². The van der Waals surface area contributed by atoms with Crippen molar-refractivity contribution in [2.75, 3.05) is 13.1 Å². The topological polar surface area (TPSA) is 107 Å². The van der Waals surface area contributed by atoms with Crippen LogP contribution in [-0.2, 0) is 14.4 Å². The number of nitrogens with zero attached hydrogens (tertiary/aromatic N) is 2. The first-order chi connectivity index (χ1) is 14.8. The fourth-order valence-corrected chi connectivity index (χ4v) is 4.72. The van der Waals surface area contributed by atoms with Crippen LogP contribution >= 0.6 is 0 Å². The first-order valence-corrected chi connectivity index (χ1v) is 10.9. The molecule has 31 heavy (non-hydrogen) atoms. The number of benzene rings is 1. The van der Waals surface area contributed by atoms with E-state index in [1.165, 1.54) is 16.7 Å². The van der Waals surface area contributed by atoms with Gasteiger partial charge in [0.05, 0.1) is 6.42 Å². The largest absolute Gasteiger partial charge is 0.481 e. The molecule has 1 aromatic carbocycles. The SMILES string of the molecule is CC(=O)N1CCN(C(=O)c2cccc(C)c2)C1C(=O)NC(CC(=O)O)C1CCCCC1. The van der Waals surface area contributed by atoms with Gasteiger partial charge in [0.1, 0.15) is 0 Å². The van der Waals surface area contributed by atoms with Gasteiger partial charge in [-0.15, -0.1) is 0 Å². The molecule has 2 fully saturated rings.